The number of nitrogens with zero attached hydrogens (tertiary/aromatic N) is 1. The van der Waals surface area contributed by atoms with E-state index in [2.05, 4.69) is 31.4 Å². The van der Waals surface area contributed by atoms with Crippen molar-refractivity contribution in [2.75, 3.05) is 5.32 Å². The third-order valence-electron chi connectivity index (χ3n) is 2.88. The second-order valence-electron chi connectivity index (χ2n) is 4.26. The molecule has 0 bridgehead atoms. The fourth-order valence-corrected chi connectivity index (χ4v) is 2.23. The molecule has 6 heteroatoms. The summed E-state index contributed by atoms with van der Waals surface area (Å²) in [4.78, 5) is 12.1. The lowest BCUT2D eigenvalue weighted by Crippen LogP contribution is -2.11. The Kier molecular flexibility index (Phi) is 3.23. The van der Waals surface area contributed by atoms with E-state index < -0.39 is 0 Å². The van der Waals surface area contributed by atoms with Crippen LogP contribution >= 0.6 is 15.9 Å². The summed E-state index contributed by atoms with van der Waals surface area (Å²) >= 11 is 3.08. The molecule has 0 spiro atoms. The van der Waals surface area contributed by atoms with Gasteiger partial charge in [0, 0.05) is 16.6 Å². The van der Waals surface area contributed by atoms with E-state index in [9.17, 15) is 9.18 Å². The van der Waals surface area contributed by atoms with Gasteiger partial charge in [-0.2, -0.15) is 5.10 Å². The average Bonchev–Trinajstić information content (AvgIpc) is 2.90. The molecule has 4 nitrogen and oxygen atoms in total. The highest BCUT2D eigenvalue weighted by Gasteiger charge is 2.09. The summed E-state index contributed by atoms with van der Waals surface area (Å²) in [6.45, 7) is 0. The minimum absolute atomic E-state index is 0.264. The number of fused-ring (bicyclic) bond motifs is 1. The average molecular weight is 334 g/mol. The van der Waals surface area contributed by atoms with Crippen LogP contribution in [0.2, 0.25) is 0 Å². The maximum atomic E-state index is 13.1. The molecule has 0 saturated carbocycles. The summed E-state index contributed by atoms with van der Waals surface area (Å²) < 4.78 is 13.4. The number of anilines is 1. The first-order valence-corrected chi connectivity index (χ1v) is 6.62. The minimum atomic E-state index is -0.373. The van der Waals surface area contributed by atoms with Crippen LogP contribution in [0.4, 0.5) is 10.1 Å². The second-order valence-corrected chi connectivity index (χ2v) is 5.11. The topological polar surface area (TPSA) is 57.8 Å². The molecule has 2 aromatic carbocycles. The summed E-state index contributed by atoms with van der Waals surface area (Å²) in [6, 6.07) is 9.56. The van der Waals surface area contributed by atoms with E-state index in [1.54, 1.807) is 18.3 Å². The first-order chi connectivity index (χ1) is 9.63. The number of aromatic nitrogens is 2. The maximum absolute atomic E-state index is 13.1. The molecule has 0 atom stereocenters. The Morgan fingerprint density at radius 3 is 2.90 bits per heavy atom. The van der Waals surface area contributed by atoms with Crippen molar-refractivity contribution in [1.82, 2.24) is 10.2 Å². The lowest BCUT2D eigenvalue weighted by molar-refractivity contribution is 0.102. The first kappa shape index (κ1) is 12.8. The zero-order valence-electron chi connectivity index (χ0n) is 10.2. The van der Waals surface area contributed by atoms with Gasteiger partial charge in [-0.3, -0.25) is 9.89 Å². The number of H-pyrrole nitrogens is 1. The van der Waals surface area contributed by atoms with Gasteiger partial charge in [0.2, 0.25) is 0 Å². The van der Waals surface area contributed by atoms with Crippen LogP contribution < -0.4 is 5.32 Å². The number of nitrogens with one attached hydrogen (secondary N) is 2. The van der Waals surface area contributed by atoms with Crippen LogP contribution in [0.15, 0.2) is 47.1 Å². The van der Waals surface area contributed by atoms with E-state index in [0.29, 0.717) is 15.7 Å². The molecule has 0 unspecified atom stereocenters. The summed E-state index contributed by atoms with van der Waals surface area (Å²) in [5.74, 6) is -0.637. The molecule has 0 aliphatic carbocycles. The van der Waals surface area contributed by atoms with E-state index in [4.69, 9.17) is 0 Å². The van der Waals surface area contributed by atoms with E-state index in [1.807, 2.05) is 6.07 Å². The monoisotopic (exact) mass is 333 g/mol. The van der Waals surface area contributed by atoms with Crippen molar-refractivity contribution in [3.8, 4) is 0 Å². The molecular weight excluding hydrogens is 325 g/mol. The summed E-state index contributed by atoms with van der Waals surface area (Å²) in [6.07, 6.45) is 1.69. The van der Waals surface area contributed by atoms with Gasteiger partial charge in [0.25, 0.3) is 5.91 Å². The Bertz CT molecular complexity index is 800. The van der Waals surface area contributed by atoms with E-state index >= 15 is 0 Å². The molecule has 2 N–H and O–H groups in total. The summed E-state index contributed by atoms with van der Waals surface area (Å²) in [5, 5.41) is 10.4. The summed E-state index contributed by atoms with van der Waals surface area (Å²) in [5.41, 5.74) is 1.81. The number of carbonyl (C=O) groups excluding carboxylic acids is 1. The molecule has 3 rings (SSSR count). The molecule has 3 aromatic rings. The third kappa shape index (κ3) is 2.42. The molecule has 0 aliphatic rings. The van der Waals surface area contributed by atoms with Crippen LogP contribution in [0.25, 0.3) is 10.9 Å². The molecule has 0 fully saturated rings. The van der Waals surface area contributed by atoms with Gasteiger partial charge >= 0.3 is 0 Å². The molecule has 0 radical (unpaired) electrons. The van der Waals surface area contributed by atoms with E-state index in [0.717, 1.165) is 10.9 Å². The molecular formula is C14H9BrFN3O. The Hall–Kier alpha value is -2.21. The highest BCUT2D eigenvalue weighted by molar-refractivity contribution is 9.10. The first-order valence-electron chi connectivity index (χ1n) is 5.83. The number of halogens is 2. The number of carbonyl (C=O) groups is 1. The van der Waals surface area contributed by atoms with Gasteiger partial charge in [-0.25, -0.2) is 4.39 Å². The molecule has 0 saturated heterocycles. The highest BCUT2D eigenvalue weighted by Crippen LogP contribution is 2.21. The number of rotatable bonds is 2. The third-order valence-corrected chi connectivity index (χ3v) is 3.49. The van der Waals surface area contributed by atoms with Gasteiger partial charge in [-0.1, -0.05) is 6.07 Å². The van der Waals surface area contributed by atoms with E-state index in [-0.39, 0.29) is 11.7 Å². The molecule has 1 aromatic heterocycles. The maximum Gasteiger partial charge on any atom is 0.255 e. The Balaban J connectivity index is 1.86. The number of benzene rings is 2. The normalized spacial score (nSPS) is 10.7. The van der Waals surface area contributed by atoms with Crippen molar-refractivity contribution in [1.29, 1.82) is 0 Å². The molecule has 100 valence electrons. The van der Waals surface area contributed by atoms with Gasteiger partial charge in [0.1, 0.15) is 5.82 Å². The lowest BCUT2D eigenvalue weighted by atomic mass is 10.1. The van der Waals surface area contributed by atoms with Crippen LogP contribution in [0.3, 0.4) is 0 Å². The predicted molar refractivity (Wildman–Crippen MR) is 78.1 cm³/mol. The smallest absolute Gasteiger partial charge is 0.255 e. The zero-order chi connectivity index (χ0) is 14.1. The van der Waals surface area contributed by atoms with Crippen LogP contribution in [0, 0.1) is 5.82 Å². The Morgan fingerprint density at radius 1 is 1.25 bits per heavy atom. The molecule has 0 aliphatic heterocycles. The highest BCUT2D eigenvalue weighted by atomic mass is 79.9. The van der Waals surface area contributed by atoms with Gasteiger partial charge in [-0.15, -0.1) is 0 Å². The lowest BCUT2D eigenvalue weighted by Gasteiger charge is -2.06. The van der Waals surface area contributed by atoms with Crippen molar-refractivity contribution < 1.29 is 9.18 Å². The number of hydrogen-bond donors (Lipinski definition) is 2. The van der Waals surface area contributed by atoms with Crippen molar-refractivity contribution in [2.24, 2.45) is 0 Å². The standard InChI is InChI=1S/C14H9BrFN3O/c15-11-6-10(3-4-12(11)16)18-14(20)8-1-2-9-7-17-19-13(9)5-8/h1-7H,(H,17,19)(H,18,20). The van der Waals surface area contributed by atoms with Crippen molar-refractivity contribution >= 4 is 38.4 Å². The van der Waals surface area contributed by atoms with Gasteiger partial charge in [0.05, 0.1) is 16.2 Å². The van der Waals surface area contributed by atoms with Gasteiger partial charge in [-0.05, 0) is 46.3 Å². The van der Waals surface area contributed by atoms with Gasteiger partial charge < -0.3 is 5.32 Å². The zero-order valence-corrected chi connectivity index (χ0v) is 11.7. The van der Waals surface area contributed by atoms with Crippen LogP contribution in [-0.2, 0) is 0 Å². The molecule has 1 amide bonds. The van der Waals surface area contributed by atoms with Crippen LogP contribution in [0.5, 0.6) is 0 Å². The largest absolute Gasteiger partial charge is 0.322 e. The minimum Gasteiger partial charge on any atom is -0.322 e. The Labute approximate surface area is 122 Å². The SMILES string of the molecule is O=C(Nc1ccc(F)c(Br)c1)c1ccc2cn[nH]c2c1. The quantitative estimate of drug-likeness (QED) is 0.750. The van der Waals surface area contributed by atoms with Crippen molar-refractivity contribution in [2.45, 2.75) is 0 Å². The van der Waals surface area contributed by atoms with Crippen LogP contribution in [0.1, 0.15) is 10.4 Å². The van der Waals surface area contributed by atoms with Gasteiger partial charge in [0.15, 0.2) is 0 Å². The second kappa shape index (κ2) is 5.05. The number of hydrogen-bond acceptors (Lipinski definition) is 2. The molecule has 20 heavy (non-hydrogen) atoms. The fraction of sp³-hybridized carbons (Fsp3) is 0. The van der Waals surface area contributed by atoms with Crippen molar-refractivity contribution in [3.05, 3.63) is 58.4 Å². The fourth-order valence-electron chi connectivity index (χ4n) is 1.86. The van der Waals surface area contributed by atoms with Crippen LogP contribution in [-0.4, -0.2) is 16.1 Å². The number of amides is 1. The summed E-state index contributed by atoms with van der Waals surface area (Å²) in [7, 11) is 0. The molecule has 1 heterocycles. The Morgan fingerprint density at radius 2 is 2.10 bits per heavy atom. The van der Waals surface area contributed by atoms with E-state index in [1.165, 1.54) is 18.2 Å². The number of aromatic amines is 1. The van der Waals surface area contributed by atoms with Crippen molar-refractivity contribution in [3.63, 3.8) is 0 Å². The predicted octanol–water partition coefficient (Wildman–Crippen LogP) is 3.72.